The second-order valence-electron chi connectivity index (χ2n) is 3.60. The molecule has 0 amide bonds. The van der Waals surface area contributed by atoms with Gasteiger partial charge in [-0.3, -0.25) is 0 Å². The molecule has 0 radical (unpaired) electrons. The highest BCUT2D eigenvalue weighted by Crippen LogP contribution is 2.22. The van der Waals surface area contributed by atoms with Gasteiger partial charge in [-0.25, -0.2) is 4.98 Å². The molecule has 80 valence electrons. The zero-order valence-corrected chi connectivity index (χ0v) is 9.14. The van der Waals surface area contributed by atoms with Crippen molar-refractivity contribution in [3.8, 4) is 6.07 Å². The predicted octanol–water partition coefficient (Wildman–Crippen LogP) is 1.79. The maximum atomic E-state index is 8.59. The Morgan fingerprint density at radius 3 is 2.87 bits per heavy atom. The molecule has 15 heavy (non-hydrogen) atoms. The number of aromatic nitrogens is 1. The second-order valence-corrected chi connectivity index (χ2v) is 3.60. The molecule has 0 aromatic carbocycles. The molecule has 0 atom stereocenters. The summed E-state index contributed by atoms with van der Waals surface area (Å²) in [6, 6.07) is 6.23. The molecule has 0 fully saturated rings. The van der Waals surface area contributed by atoms with Crippen molar-refractivity contribution in [2.75, 3.05) is 17.2 Å². The first kappa shape index (κ1) is 11.3. The Bertz CT molecular complexity index is 354. The topological polar surface area (TPSA) is 65.9 Å². The lowest BCUT2D eigenvalue weighted by atomic mass is 10.2. The van der Waals surface area contributed by atoms with Crippen LogP contribution in [-0.2, 0) is 0 Å². The predicted molar refractivity (Wildman–Crippen MR) is 61.4 cm³/mol. The van der Waals surface area contributed by atoms with Crippen LogP contribution < -0.4 is 10.6 Å². The fourth-order valence-electron chi connectivity index (χ4n) is 1.48. The Hall–Kier alpha value is -1.76. The van der Waals surface area contributed by atoms with E-state index in [2.05, 4.69) is 29.8 Å². The molecule has 1 rings (SSSR count). The van der Waals surface area contributed by atoms with Gasteiger partial charge in [0, 0.05) is 18.8 Å². The third-order valence-electron chi connectivity index (χ3n) is 2.21. The molecule has 0 aliphatic heterocycles. The molecule has 0 aliphatic rings. The van der Waals surface area contributed by atoms with Crippen molar-refractivity contribution in [3.63, 3.8) is 0 Å². The van der Waals surface area contributed by atoms with Gasteiger partial charge in [0.15, 0.2) is 0 Å². The van der Waals surface area contributed by atoms with Gasteiger partial charge in [0.1, 0.15) is 5.82 Å². The number of hydrogen-bond acceptors (Lipinski definition) is 4. The van der Waals surface area contributed by atoms with Gasteiger partial charge >= 0.3 is 0 Å². The molecule has 2 N–H and O–H groups in total. The van der Waals surface area contributed by atoms with Crippen molar-refractivity contribution in [2.24, 2.45) is 0 Å². The molecule has 1 aromatic rings. The Morgan fingerprint density at radius 1 is 1.60 bits per heavy atom. The zero-order chi connectivity index (χ0) is 11.3. The lowest BCUT2D eigenvalue weighted by Gasteiger charge is -2.28. The lowest BCUT2D eigenvalue weighted by molar-refractivity contribution is 0.686. The van der Waals surface area contributed by atoms with Gasteiger partial charge < -0.3 is 10.6 Å². The van der Waals surface area contributed by atoms with E-state index in [1.165, 1.54) is 0 Å². The third-order valence-corrected chi connectivity index (χ3v) is 2.21. The summed E-state index contributed by atoms with van der Waals surface area (Å²) < 4.78 is 0. The van der Waals surface area contributed by atoms with E-state index < -0.39 is 0 Å². The van der Waals surface area contributed by atoms with E-state index in [1.807, 2.05) is 12.1 Å². The number of rotatable bonds is 4. The van der Waals surface area contributed by atoms with Gasteiger partial charge in [0.25, 0.3) is 0 Å². The van der Waals surface area contributed by atoms with Crippen LogP contribution in [0.2, 0.25) is 0 Å². The van der Waals surface area contributed by atoms with Crippen LogP contribution in [-0.4, -0.2) is 17.6 Å². The van der Waals surface area contributed by atoms with E-state index in [4.69, 9.17) is 11.0 Å². The molecule has 1 heterocycles. The average molecular weight is 204 g/mol. The van der Waals surface area contributed by atoms with Gasteiger partial charge in [-0.2, -0.15) is 5.26 Å². The summed E-state index contributed by atoms with van der Waals surface area (Å²) in [7, 11) is 0. The van der Waals surface area contributed by atoms with Crippen molar-refractivity contribution in [3.05, 3.63) is 18.3 Å². The summed E-state index contributed by atoms with van der Waals surface area (Å²) in [5, 5.41) is 8.59. The summed E-state index contributed by atoms with van der Waals surface area (Å²) in [6.45, 7) is 4.83. The first-order valence-electron chi connectivity index (χ1n) is 5.01. The molecule has 0 saturated carbocycles. The molecule has 0 saturated heterocycles. The quantitative estimate of drug-likeness (QED) is 0.812. The van der Waals surface area contributed by atoms with E-state index in [0.29, 0.717) is 24.8 Å². The molecule has 4 heteroatoms. The van der Waals surface area contributed by atoms with E-state index in [-0.39, 0.29) is 0 Å². The monoisotopic (exact) mass is 204 g/mol. The third kappa shape index (κ3) is 2.84. The van der Waals surface area contributed by atoms with E-state index in [9.17, 15) is 0 Å². The largest absolute Gasteiger partial charge is 0.382 e. The van der Waals surface area contributed by atoms with Crippen LogP contribution in [0.3, 0.4) is 0 Å². The highest BCUT2D eigenvalue weighted by molar-refractivity contribution is 5.63. The molecular weight excluding hydrogens is 188 g/mol. The molecular formula is C11H16N4. The molecule has 0 unspecified atom stereocenters. The number of nitriles is 1. The minimum Gasteiger partial charge on any atom is -0.382 e. The maximum Gasteiger partial charge on any atom is 0.146 e. The van der Waals surface area contributed by atoms with Crippen molar-refractivity contribution in [1.29, 1.82) is 5.26 Å². The number of pyridine rings is 1. The number of hydrogen-bond donors (Lipinski definition) is 1. The first-order chi connectivity index (χ1) is 7.16. The van der Waals surface area contributed by atoms with Crippen molar-refractivity contribution in [2.45, 2.75) is 26.3 Å². The highest BCUT2D eigenvalue weighted by atomic mass is 15.2. The van der Waals surface area contributed by atoms with Gasteiger partial charge in [-0.05, 0) is 26.0 Å². The van der Waals surface area contributed by atoms with Gasteiger partial charge in [0.05, 0.1) is 18.2 Å². The van der Waals surface area contributed by atoms with Crippen molar-refractivity contribution in [1.82, 2.24) is 4.98 Å². The van der Waals surface area contributed by atoms with Crippen LogP contribution >= 0.6 is 0 Å². The minimum absolute atomic E-state index is 0.310. The summed E-state index contributed by atoms with van der Waals surface area (Å²) in [6.07, 6.45) is 2.16. The molecule has 0 spiro atoms. The fourth-order valence-corrected chi connectivity index (χ4v) is 1.48. The molecule has 0 aliphatic carbocycles. The van der Waals surface area contributed by atoms with Crippen LogP contribution in [0.5, 0.6) is 0 Å². The smallest absolute Gasteiger partial charge is 0.146 e. The number of nitrogens with zero attached hydrogens (tertiary/aromatic N) is 3. The molecule has 4 nitrogen and oxygen atoms in total. The zero-order valence-electron chi connectivity index (χ0n) is 9.14. The molecule has 1 aromatic heterocycles. The van der Waals surface area contributed by atoms with Gasteiger partial charge in [-0.15, -0.1) is 0 Å². The Labute approximate surface area is 90.3 Å². The summed E-state index contributed by atoms with van der Waals surface area (Å²) in [4.78, 5) is 6.13. The van der Waals surface area contributed by atoms with E-state index in [1.54, 1.807) is 6.20 Å². The maximum absolute atomic E-state index is 8.59. The lowest BCUT2D eigenvalue weighted by Crippen LogP contribution is -2.32. The van der Waals surface area contributed by atoms with E-state index in [0.717, 1.165) is 5.69 Å². The SMILES string of the molecule is CC(C)N(CCC#N)c1cccnc1N. The summed E-state index contributed by atoms with van der Waals surface area (Å²) in [5.74, 6) is 0.518. The number of nitrogens with two attached hydrogens (primary N) is 1. The second kappa shape index (κ2) is 5.20. The minimum atomic E-state index is 0.310. The normalized spacial score (nSPS) is 10.0. The highest BCUT2D eigenvalue weighted by Gasteiger charge is 2.12. The van der Waals surface area contributed by atoms with Crippen LogP contribution in [0.4, 0.5) is 11.5 Å². The first-order valence-corrected chi connectivity index (χ1v) is 5.01. The number of anilines is 2. The van der Waals surface area contributed by atoms with Crippen LogP contribution in [0.15, 0.2) is 18.3 Å². The molecule has 0 bridgehead atoms. The average Bonchev–Trinajstić information content (AvgIpc) is 2.20. The van der Waals surface area contributed by atoms with Crippen LogP contribution in [0.25, 0.3) is 0 Å². The van der Waals surface area contributed by atoms with Crippen molar-refractivity contribution < 1.29 is 0 Å². The van der Waals surface area contributed by atoms with Crippen LogP contribution in [0.1, 0.15) is 20.3 Å². The van der Waals surface area contributed by atoms with E-state index >= 15 is 0 Å². The Morgan fingerprint density at radius 2 is 2.33 bits per heavy atom. The Balaban J connectivity index is 2.90. The van der Waals surface area contributed by atoms with Crippen molar-refractivity contribution >= 4 is 11.5 Å². The Kier molecular flexibility index (Phi) is 3.92. The fraction of sp³-hybridized carbons (Fsp3) is 0.455. The van der Waals surface area contributed by atoms with Gasteiger partial charge in [-0.1, -0.05) is 0 Å². The summed E-state index contributed by atoms with van der Waals surface area (Å²) >= 11 is 0. The van der Waals surface area contributed by atoms with Gasteiger partial charge in [0.2, 0.25) is 0 Å². The van der Waals surface area contributed by atoms with Crippen LogP contribution in [0, 0.1) is 11.3 Å². The number of nitrogen functional groups attached to an aromatic ring is 1. The summed E-state index contributed by atoms with van der Waals surface area (Å²) in [5.41, 5.74) is 6.70. The standard InChI is InChI=1S/C11H16N4/c1-9(2)15(8-4-6-12)10-5-3-7-14-11(10)13/h3,5,7,9H,4,8H2,1-2H3,(H2,13,14).